The van der Waals surface area contributed by atoms with Crippen molar-refractivity contribution in [1.82, 2.24) is 14.5 Å². The molecule has 1 aliphatic heterocycles. The van der Waals surface area contributed by atoms with Crippen LogP contribution in [0.4, 0.5) is 0 Å². The Balaban J connectivity index is 1.61. The van der Waals surface area contributed by atoms with Gasteiger partial charge in [-0.1, -0.05) is 30.8 Å². The Morgan fingerprint density at radius 1 is 1.14 bits per heavy atom. The molecule has 0 aliphatic carbocycles. The van der Waals surface area contributed by atoms with Crippen molar-refractivity contribution >= 4 is 28.1 Å². The van der Waals surface area contributed by atoms with Gasteiger partial charge < -0.3 is 10.6 Å². The molecule has 2 aromatic carbocycles. The maximum absolute atomic E-state index is 12.8. The third-order valence-electron chi connectivity index (χ3n) is 5.47. The molecule has 0 saturated heterocycles. The fourth-order valence-electron chi connectivity index (χ4n) is 3.95. The molecule has 5 rings (SSSR count). The highest BCUT2D eigenvalue weighted by Crippen LogP contribution is 2.34. The standard InChI is InChI=1S/C23H18N4O2/c1-14(22(24)28)12-26-13-20-17(23(26)29)8-7-15-5-6-16(10-18(15)20)19-11-25-27-9-3-2-4-21(19)27/h2-11H,1,12-13H2,(H2,24,28). The van der Waals surface area contributed by atoms with E-state index in [1.807, 2.05) is 47.2 Å². The van der Waals surface area contributed by atoms with E-state index in [1.54, 1.807) is 4.90 Å². The van der Waals surface area contributed by atoms with Crippen LogP contribution in [0.1, 0.15) is 15.9 Å². The largest absolute Gasteiger partial charge is 0.366 e. The summed E-state index contributed by atoms with van der Waals surface area (Å²) in [6.45, 7) is 4.24. The summed E-state index contributed by atoms with van der Waals surface area (Å²) in [5, 5.41) is 6.51. The summed E-state index contributed by atoms with van der Waals surface area (Å²) < 4.78 is 1.84. The highest BCUT2D eigenvalue weighted by atomic mass is 16.2. The Morgan fingerprint density at radius 2 is 1.97 bits per heavy atom. The molecule has 2 aromatic heterocycles. The minimum atomic E-state index is -0.589. The van der Waals surface area contributed by atoms with Crippen molar-refractivity contribution in [3.05, 3.63) is 84.2 Å². The lowest BCUT2D eigenvalue weighted by molar-refractivity contribution is -0.114. The average molecular weight is 382 g/mol. The summed E-state index contributed by atoms with van der Waals surface area (Å²) in [5.41, 5.74) is 10.2. The molecule has 0 fully saturated rings. The first-order valence-corrected chi connectivity index (χ1v) is 9.28. The number of carbonyl (C=O) groups is 2. The van der Waals surface area contributed by atoms with E-state index in [4.69, 9.17) is 5.73 Å². The second-order valence-corrected chi connectivity index (χ2v) is 7.25. The van der Waals surface area contributed by atoms with Crippen molar-refractivity contribution in [2.75, 3.05) is 6.54 Å². The maximum Gasteiger partial charge on any atom is 0.254 e. The van der Waals surface area contributed by atoms with Crippen molar-refractivity contribution in [2.45, 2.75) is 6.54 Å². The number of hydrogen-bond donors (Lipinski definition) is 1. The van der Waals surface area contributed by atoms with Crippen LogP contribution in [-0.4, -0.2) is 32.9 Å². The van der Waals surface area contributed by atoms with Crippen molar-refractivity contribution in [1.29, 1.82) is 0 Å². The SMILES string of the molecule is C=C(CN1Cc2c(ccc3ccc(-c4cnn5ccccc45)cc23)C1=O)C(N)=O. The van der Waals surface area contributed by atoms with Gasteiger partial charge in [0.15, 0.2) is 0 Å². The summed E-state index contributed by atoms with van der Waals surface area (Å²) in [4.78, 5) is 25.8. The van der Waals surface area contributed by atoms with Crippen LogP contribution in [0.5, 0.6) is 0 Å². The van der Waals surface area contributed by atoms with Gasteiger partial charge in [0.25, 0.3) is 5.91 Å². The van der Waals surface area contributed by atoms with Gasteiger partial charge in [-0.25, -0.2) is 4.52 Å². The van der Waals surface area contributed by atoms with Crippen molar-refractivity contribution < 1.29 is 9.59 Å². The normalized spacial score (nSPS) is 13.2. The van der Waals surface area contributed by atoms with Gasteiger partial charge in [-0.15, -0.1) is 0 Å². The molecule has 0 saturated carbocycles. The topological polar surface area (TPSA) is 80.7 Å². The van der Waals surface area contributed by atoms with E-state index in [2.05, 4.69) is 29.9 Å². The smallest absolute Gasteiger partial charge is 0.254 e. The second-order valence-electron chi connectivity index (χ2n) is 7.25. The maximum atomic E-state index is 12.8. The predicted molar refractivity (Wildman–Crippen MR) is 111 cm³/mol. The first kappa shape index (κ1) is 17.2. The third kappa shape index (κ3) is 2.69. The van der Waals surface area contributed by atoms with E-state index >= 15 is 0 Å². The second kappa shape index (κ2) is 6.31. The first-order chi connectivity index (χ1) is 14.0. The highest BCUT2D eigenvalue weighted by Gasteiger charge is 2.29. The zero-order chi connectivity index (χ0) is 20.1. The number of nitrogens with zero attached hydrogens (tertiary/aromatic N) is 3. The molecule has 29 heavy (non-hydrogen) atoms. The summed E-state index contributed by atoms with van der Waals surface area (Å²) in [6.07, 6.45) is 3.77. The molecule has 2 N–H and O–H groups in total. The Bertz CT molecular complexity index is 1340. The lowest BCUT2D eigenvalue weighted by Crippen LogP contribution is -2.30. The zero-order valence-electron chi connectivity index (χ0n) is 15.6. The summed E-state index contributed by atoms with van der Waals surface area (Å²) >= 11 is 0. The van der Waals surface area contributed by atoms with E-state index < -0.39 is 5.91 Å². The molecule has 0 atom stereocenters. The van der Waals surface area contributed by atoms with Crippen LogP contribution in [-0.2, 0) is 11.3 Å². The van der Waals surface area contributed by atoms with E-state index in [0.717, 1.165) is 33.0 Å². The van der Waals surface area contributed by atoms with Gasteiger partial charge in [0, 0.05) is 29.4 Å². The zero-order valence-corrected chi connectivity index (χ0v) is 15.6. The Hall–Kier alpha value is -3.93. The lowest BCUT2D eigenvalue weighted by atomic mass is 9.96. The van der Waals surface area contributed by atoms with Gasteiger partial charge in [0.2, 0.25) is 5.91 Å². The minimum absolute atomic E-state index is 0.106. The van der Waals surface area contributed by atoms with Gasteiger partial charge in [-0.05, 0) is 46.2 Å². The summed E-state index contributed by atoms with van der Waals surface area (Å²) in [6, 6.07) is 16.0. The number of pyridine rings is 1. The van der Waals surface area contributed by atoms with Crippen LogP contribution >= 0.6 is 0 Å². The molecule has 0 spiro atoms. The van der Waals surface area contributed by atoms with Gasteiger partial charge in [-0.2, -0.15) is 5.10 Å². The number of hydrogen-bond acceptors (Lipinski definition) is 3. The van der Waals surface area contributed by atoms with Crippen molar-refractivity contribution in [3.8, 4) is 11.1 Å². The Kier molecular flexibility index (Phi) is 3.74. The van der Waals surface area contributed by atoms with E-state index in [1.165, 1.54) is 0 Å². The number of carbonyl (C=O) groups excluding carboxylic acids is 2. The fourth-order valence-corrected chi connectivity index (χ4v) is 3.95. The van der Waals surface area contributed by atoms with Crippen molar-refractivity contribution in [2.24, 2.45) is 5.73 Å². The van der Waals surface area contributed by atoms with Crippen LogP contribution in [0.25, 0.3) is 27.4 Å². The van der Waals surface area contributed by atoms with Crippen LogP contribution in [0, 0.1) is 0 Å². The van der Waals surface area contributed by atoms with Crippen LogP contribution < -0.4 is 5.73 Å². The number of aromatic nitrogens is 2. The minimum Gasteiger partial charge on any atom is -0.366 e. The first-order valence-electron chi connectivity index (χ1n) is 9.28. The molecule has 4 aromatic rings. The Morgan fingerprint density at radius 3 is 2.79 bits per heavy atom. The molecule has 1 aliphatic rings. The molecule has 6 heteroatoms. The number of amides is 2. The summed E-state index contributed by atoms with van der Waals surface area (Å²) in [5.74, 6) is -0.695. The lowest BCUT2D eigenvalue weighted by Gasteiger charge is -2.15. The number of rotatable bonds is 4. The van der Waals surface area contributed by atoms with Crippen molar-refractivity contribution in [3.63, 3.8) is 0 Å². The van der Waals surface area contributed by atoms with Crippen LogP contribution in [0.3, 0.4) is 0 Å². The molecule has 0 bridgehead atoms. The number of fused-ring (bicyclic) bond motifs is 4. The number of benzene rings is 2. The predicted octanol–water partition coefficient (Wildman–Crippen LogP) is 3.15. The highest BCUT2D eigenvalue weighted by molar-refractivity contribution is 6.06. The number of primary amides is 1. The van der Waals surface area contributed by atoms with E-state index in [-0.39, 0.29) is 18.0 Å². The monoisotopic (exact) mass is 382 g/mol. The van der Waals surface area contributed by atoms with Crippen LogP contribution in [0.2, 0.25) is 0 Å². The van der Waals surface area contributed by atoms with Gasteiger partial charge in [0.1, 0.15) is 0 Å². The summed E-state index contributed by atoms with van der Waals surface area (Å²) in [7, 11) is 0. The van der Waals surface area contributed by atoms with Gasteiger partial charge >= 0.3 is 0 Å². The molecule has 0 unspecified atom stereocenters. The van der Waals surface area contributed by atoms with Gasteiger partial charge in [-0.3, -0.25) is 9.59 Å². The molecule has 3 heterocycles. The van der Waals surface area contributed by atoms with E-state index in [9.17, 15) is 9.59 Å². The average Bonchev–Trinajstić information content (AvgIpc) is 3.29. The molecule has 2 amide bonds. The fraction of sp³-hybridized carbons (Fsp3) is 0.0870. The third-order valence-corrected chi connectivity index (χ3v) is 5.47. The molecule has 6 nitrogen and oxygen atoms in total. The molecule has 0 radical (unpaired) electrons. The van der Waals surface area contributed by atoms with Gasteiger partial charge in [0.05, 0.1) is 18.3 Å². The van der Waals surface area contributed by atoms with Crippen LogP contribution in [0.15, 0.2) is 73.1 Å². The molecule has 142 valence electrons. The molecular weight excluding hydrogens is 364 g/mol. The molecular formula is C23H18N4O2. The number of nitrogens with two attached hydrogens (primary N) is 1. The Labute approximate surface area is 166 Å². The quantitative estimate of drug-likeness (QED) is 0.551. The van der Waals surface area contributed by atoms with E-state index in [0.29, 0.717) is 12.1 Å².